The predicted octanol–water partition coefficient (Wildman–Crippen LogP) is 1.05. The molecule has 9 heavy (non-hydrogen) atoms. The van der Waals surface area contributed by atoms with Crippen molar-refractivity contribution >= 4 is 12.6 Å². The van der Waals surface area contributed by atoms with Crippen LogP contribution in [0.15, 0.2) is 0 Å². The molecule has 1 heterocycles. The molecule has 0 saturated heterocycles. The van der Waals surface area contributed by atoms with Crippen molar-refractivity contribution in [1.29, 1.82) is 0 Å². The lowest BCUT2D eigenvalue weighted by Crippen LogP contribution is -2.16. The van der Waals surface area contributed by atoms with E-state index in [-0.39, 0.29) is 7.43 Å². The van der Waals surface area contributed by atoms with Crippen molar-refractivity contribution in [2.75, 3.05) is 6.54 Å². The maximum atomic E-state index is 10.1. The van der Waals surface area contributed by atoms with E-state index in [1.54, 1.807) is 4.58 Å². The second kappa shape index (κ2) is 4.24. The van der Waals surface area contributed by atoms with Crippen LogP contribution in [0.2, 0.25) is 0 Å². The highest BCUT2D eigenvalue weighted by atomic mass is 16.2. The molecule has 0 aromatic carbocycles. The van der Waals surface area contributed by atoms with Gasteiger partial charge in [0.2, 0.25) is 0 Å². The summed E-state index contributed by atoms with van der Waals surface area (Å²) in [6, 6.07) is 0. The molecule has 0 aromatic rings. The average Bonchev–Trinajstić information content (AvgIpc) is 1.90. The summed E-state index contributed by atoms with van der Waals surface area (Å²) < 4.78 is 1.71. The Labute approximate surface area is 56.2 Å². The number of carbonyl (C=O) groups is 1. The maximum Gasteiger partial charge on any atom is 0.374 e. The van der Waals surface area contributed by atoms with Gasteiger partial charge in [-0.25, -0.2) is 4.79 Å². The Morgan fingerprint density at radius 2 is 2.22 bits per heavy atom. The molecule has 2 heteroatoms. The molecule has 0 atom stereocenters. The molecular formula is C7H14NO+. The minimum atomic E-state index is 0. The van der Waals surface area contributed by atoms with E-state index in [0.717, 1.165) is 25.8 Å². The monoisotopic (exact) mass is 131 g/mol. The lowest BCUT2D eigenvalue weighted by Gasteiger charge is -1.99. The van der Waals surface area contributed by atoms with Crippen molar-refractivity contribution < 1.29 is 9.37 Å². The minimum absolute atomic E-state index is 0. The van der Waals surface area contributed by atoms with E-state index in [1.165, 1.54) is 6.42 Å². The van der Waals surface area contributed by atoms with E-state index in [9.17, 15) is 4.79 Å². The maximum absolute atomic E-state index is 10.1. The zero-order valence-corrected chi connectivity index (χ0v) is 4.84. The molecule has 0 fully saturated rings. The van der Waals surface area contributed by atoms with Crippen LogP contribution < -0.4 is 0 Å². The normalized spacial score (nSPS) is 17.6. The van der Waals surface area contributed by atoms with Gasteiger partial charge in [0.25, 0.3) is 0 Å². The Morgan fingerprint density at radius 3 is 2.56 bits per heavy atom. The van der Waals surface area contributed by atoms with Crippen LogP contribution in [0.4, 0.5) is 0 Å². The molecule has 1 amide bonds. The molecule has 1 aliphatic heterocycles. The van der Waals surface area contributed by atoms with Gasteiger partial charge in [0.15, 0.2) is 6.54 Å². The van der Waals surface area contributed by atoms with Crippen LogP contribution >= 0.6 is 0 Å². The van der Waals surface area contributed by atoms with Crippen molar-refractivity contribution in [3.05, 3.63) is 0 Å². The van der Waals surface area contributed by atoms with E-state index in [0.29, 0.717) is 0 Å². The largest absolute Gasteiger partial charge is 0.374 e. The topological polar surface area (TPSA) is 20.1 Å². The second-order valence-electron chi connectivity index (χ2n) is 2.02. The minimum Gasteiger partial charge on any atom is -0.223 e. The zero-order chi connectivity index (χ0) is 5.82. The summed E-state index contributed by atoms with van der Waals surface area (Å²) in [7, 11) is 0. The lowest BCUT2D eigenvalue weighted by atomic mass is 10.3. The van der Waals surface area contributed by atoms with Gasteiger partial charge in [-0.05, 0) is 6.42 Å². The van der Waals surface area contributed by atoms with Crippen LogP contribution in [0.5, 0.6) is 0 Å². The second-order valence-corrected chi connectivity index (χ2v) is 2.02. The first-order valence-corrected chi connectivity index (χ1v) is 2.98. The van der Waals surface area contributed by atoms with Gasteiger partial charge < -0.3 is 0 Å². The fraction of sp³-hybridized carbons (Fsp3) is 0.714. The molecule has 0 aromatic heterocycles. The molecule has 0 N–H and O–H groups in total. The smallest absolute Gasteiger partial charge is 0.223 e. The van der Waals surface area contributed by atoms with Crippen molar-refractivity contribution in [2.24, 2.45) is 0 Å². The summed E-state index contributed by atoms with van der Waals surface area (Å²) in [5, 5.41) is 0. The third-order valence-electron chi connectivity index (χ3n) is 1.37. The number of rotatable bonds is 1. The molecular weight excluding hydrogens is 117 g/mol. The van der Waals surface area contributed by atoms with Crippen LogP contribution in [-0.2, 0) is 4.79 Å². The van der Waals surface area contributed by atoms with Gasteiger partial charge in [-0.1, -0.05) is 7.43 Å². The quantitative estimate of drug-likeness (QED) is 0.296. The first kappa shape index (κ1) is 8.34. The standard InChI is InChI=1S/C6H10NO.CH4/c8-6-7-4-2-1-3-5-7;/h4,6H,1-3,5H2;1H4/q+1;/i5+1,6+1;1+1. The molecule has 0 unspecified atom stereocenters. The first-order chi connectivity index (χ1) is 3.93. The zero-order valence-electron chi connectivity index (χ0n) is 4.84. The van der Waals surface area contributed by atoms with Gasteiger partial charge in [0.05, 0.1) is 0 Å². The van der Waals surface area contributed by atoms with E-state index in [2.05, 4.69) is 0 Å². The number of amides is 1. The molecule has 1 aliphatic rings. The van der Waals surface area contributed by atoms with Crippen molar-refractivity contribution in [2.45, 2.75) is 26.7 Å². The summed E-state index contributed by atoms with van der Waals surface area (Å²) in [6.07, 6.45) is 6.31. The van der Waals surface area contributed by atoms with E-state index in [4.69, 9.17) is 0 Å². The van der Waals surface area contributed by atoms with Gasteiger partial charge in [0.1, 0.15) is 6.21 Å². The Morgan fingerprint density at radius 1 is 1.44 bits per heavy atom. The number of carbonyl (C=O) groups excluding carboxylic acids is 1. The Balaban J connectivity index is 0.000000640. The highest BCUT2D eigenvalue weighted by Gasteiger charge is 2.05. The van der Waals surface area contributed by atoms with Crippen LogP contribution in [-0.4, -0.2) is 23.7 Å². The SMILES string of the molecule is O=[13CH][N+]1=CCCC[13CH2]1.[13CH4]. The highest BCUT2D eigenvalue weighted by molar-refractivity contribution is 5.57. The summed E-state index contributed by atoms with van der Waals surface area (Å²) in [6.45, 7) is 0.920. The molecule has 52 valence electrons. The van der Waals surface area contributed by atoms with E-state index < -0.39 is 0 Å². The molecule has 0 radical (unpaired) electrons. The molecule has 0 aliphatic carbocycles. The Hall–Kier alpha value is -0.660. The number of hydrogen-bond donors (Lipinski definition) is 0. The Kier molecular flexibility index (Phi) is 3.93. The number of nitrogens with zero attached hydrogens (tertiary/aromatic N) is 1. The molecule has 2 nitrogen and oxygen atoms in total. The molecule has 0 saturated carbocycles. The Bertz CT molecular complexity index is 118. The van der Waals surface area contributed by atoms with Gasteiger partial charge in [-0.15, -0.1) is 0 Å². The van der Waals surface area contributed by atoms with Crippen molar-refractivity contribution in [3.63, 3.8) is 0 Å². The first-order valence-electron chi connectivity index (χ1n) is 2.98. The van der Waals surface area contributed by atoms with Crippen LogP contribution in [0.3, 0.4) is 0 Å². The van der Waals surface area contributed by atoms with Crippen LogP contribution in [0.25, 0.3) is 0 Å². The summed E-state index contributed by atoms with van der Waals surface area (Å²) in [4.78, 5) is 10.1. The van der Waals surface area contributed by atoms with Crippen molar-refractivity contribution in [3.8, 4) is 0 Å². The van der Waals surface area contributed by atoms with Crippen molar-refractivity contribution in [1.82, 2.24) is 0 Å². The lowest BCUT2D eigenvalue weighted by molar-refractivity contribution is -0.434. The van der Waals surface area contributed by atoms with E-state index in [1.807, 2.05) is 6.21 Å². The molecule has 0 bridgehead atoms. The van der Waals surface area contributed by atoms with Gasteiger partial charge in [-0.3, -0.25) is 0 Å². The third-order valence-corrected chi connectivity index (χ3v) is 1.37. The summed E-state index contributed by atoms with van der Waals surface area (Å²) in [5.74, 6) is 0. The highest BCUT2D eigenvalue weighted by Crippen LogP contribution is 1.97. The summed E-state index contributed by atoms with van der Waals surface area (Å²) >= 11 is 0. The third kappa shape index (κ3) is 2.40. The van der Waals surface area contributed by atoms with Gasteiger partial charge in [0, 0.05) is 12.8 Å². The van der Waals surface area contributed by atoms with E-state index >= 15 is 0 Å². The molecule has 0 spiro atoms. The average molecular weight is 131 g/mol. The van der Waals surface area contributed by atoms with Gasteiger partial charge >= 0.3 is 6.41 Å². The van der Waals surface area contributed by atoms with Gasteiger partial charge in [-0.2, -0.15) is 4.58 Å². The van der Waals surface area contributed by atoms with Crippen LogP contribution in [0.1, 0.15) is 26.7 Å². The molecule has 1 rings (SSSR count). The number of hydrogen-bond acceptors (Lipinski definition) is 1. The fourth-order valence-electron chi connectivity index (χ4n) is 0.883. The van der Waals surface area contributed by atoms with Crippen LogP contribution in [0, 0.1) is 0 Å². The fourth-order valence-corrected chi connectivity index (χ4v) is 0.883. The predicted molar refractivity (Wildman–Crippen MR) is 37.8 cm³/mol. The summed E-state index contributed by atoms with van der Waals surface area (Å²) in [5.41, 5.74) is 0.